The Hall–Kier alpha value is -3.39. The van der Waals surface area contributed by atoms with Crippen LogP contribution in [-0.4, -0.2) is 25.4 Å². The molecule has 4 rings (SSSR count). The van der Waals surface area contributed by atoms with Gasteiger partial charge >= 0.3 is 0 Å². The van der Waals surface area contributed by atoms with E-state index in [1.54, 1.807) is 30.3 Å². The minimum absolute atomic E-state index is 0.169. The zero-order valence-corrected chi connectivity index (χ0v) is 13.4. The van der Waals surface area contributed by atoms with Gasteiger partial charge in [0.2, 0.25) is 11.3 Å². The van der Waals surface area contributed by atoms with Crippen molar-refractivity contribution in [2.24, 2.45) is 0 Å². The number of rotatable bonds is 4. The average Bonchev–Trinajstić information content (AvgIpc) is 3.06. The topological polar surface area (TPSA) is 109 Å². The fourth-order valence-corrected chi connectivity index (χ4v) is 2.37. The fourth-order valence-electron chi connectivity index (χ4n) is 2.18. The number of aromatic nitrogens is 4. The Morgan fingerprint density at radius 2 is 1.48 bits per heavy atom. The molecule has 0 spiro atoms. The van der Waals surface area contributed by atoms with Crippen LogP contribution in [0.1, 0.15) is 0 Å². The molecular formula is C16H11ClN6O2. The molecule has 0 aliphatic heterocycles. The second-order valence-corrected chi connectivity index (χ2v) is 5.52. The van der Waals surface area contributed by atoms with Crippen molar-refractivity contribution in [1.82, 2.24) is 20.3 Å². The van der Waals surface area contributed by atoms with E-state index in [9.17, 15) is 5.11 Å². The van der Waals surface area contributed by atoms with Crippen molar-refractivity contribution in [3.63, 3.8) is 0 Å². The van der Waals surface area contributed by atoms with Crippen LogP contribution in [0.3, 0.4) is 0 Å². The molecule has 0 saturated heterocycles. The molecule has 25 heavy (non-hydrogen) atoms. The van der Waals surface area contributed by atoms with Crippen molar-refractivity contribution in [3.05, 3.63) is 53.6 Å². The van der Waals surface area contributed by atoms with E-state index < -0.39 is 0 Å². The van der Waals surface area contributed by atoms with Crippen LogP contribution in [0, 0.1) is 0 Å². The minimum atomic E-state index is 0.169. The molecule has 4 aromatic rings. The van der Waals surface area contributed by atoms with Crippen molar-refractivity contribution in [1.29, 1.82) is 0 Å². The predicted octanol–water partition coefficient (Wildman–Crippen LogP) is 3.86. The Balaban J connectivity index is 1.75. The Morgan fingerprint density at radius 3 is 2.16 bits per heavy atom. The molecule has 2 aromatic heterocycles. The molecule has 8 nitrogen and oxygen atoms in total. The van der Waals surface area contributed by atoms with E-state index in [0.29, 0.717) is 28.0 Å². The number of aromatic hydroxyl groups is 1. The van der Waals surface area contributed by atoms with Crippen molar-refractivity contribution in [3.8, 4) is 5.75 Å². The summed E-state index contributed by atoms with van der Waals surface area (Å²) in [4.78, 5) is 8.74. The molecule has 0 atom stereocenters. The van der Waals surface area contributed by atoms with Crippen molar-refractivity contribution >= 4 is 45.9 Å². The summed E-state index contributed by atoms with van der Waals surface area (Å²) in [6.45, 7) is 0. The van der Waals surface area contributed by atoms with E-state index in [4.69, 9.17) is 11.6 Å². The zero-order chi connectivity index (χ0) is 17.2. The number of anilines is 4. The van der Waals surface area contributed by atoms with Gasteiger partial charge in [0.05, 0.1) is 10.7 Å². The molecule has 0 saturated carbocycles. The summed E-state index contributed by atoms with van der Waals surface area (Å²) < 4.78 is 4.68. The summed E-state index contributed by atoms with van der Waals surface area (Å²) in [5, 5.41) is 23.6. The lowest BCUT2D eigenvalue weighted by Crippen LogP contribution is -2.03. The number of benzene rings is 2. The highest BCUT2D eigenvalue weighted by Crippen LogP contribution is 2.30. The lowest BCUT2D eigenvalue weighted by atomic mass is 10.3. The van der Waals surface area contributed by atoms with Crippen molar-refractivity contribution in [2.45, 2.75) is 0 Å². The van der Waals surface area contributed by atoms with E-state index in [1.807, 2.05) is 18.2 Å². The van der Waals surface area contributed by atoms with Gasteiger partial charge in [0, 0.05) is 5.69 Å². The maximum atomic E-state index is 9.40. The standard InChI is InChI=1S/C16H11ClN6O2/c17-11-3-1-2-4-12(11)19-14-13(18-9-5-7-10(24)8-6-9)20-15-16(21-14)23-25-22-15/h1-8,24H,(H,18,20,22)(H,19,21,23). The summed E-state index contributed by atoms with van der Waals surface area (Å²) >= 11 is 6.20. The summed E-state index contributed by atoms with van der Waals surface area (Å²) in [5.74, 6) is 0.986. The lowest BCUT2D eigenvalue weighted by molar-refractivity contribution is 0.314. The molecule has 124 valence electrons. The number of nitrogens with one attached hydrogen (secondary N) is 2. The third kappa shape index (κ3) is 3.15. The summed E-state index contributed by atoms with van der Waals surface area (Å²) in [5.41, 5.74) is 1.92. The third-order valence-corrected chi connectivity index (χ3v) is 3.70. The van der Waals surface area contributed by atoms with Gasteiger partial charge < -0.3 is 15.7 Å². The SMILES string of the molecule is Oc1ccc(Nc2nc3nonc3nc2Nc2ccccc2Cl)cc1. The van der Waals surface area contributed by atoms with E-state index >= 15 is 0 Å². The maximum Gasteiger partial charge on any atom is 0.245 e. The molecule has 3 N–H and O–H groups in total. The first-order chi connectivity index (χ1) is 12.2. The number of hydrogen-bond acceptors (Lipinski definition) is 8. The van der Waals surface area contributed by atoms with Gasteiger partial charge in [-0.2, -0.15) is 0 Å². The van der Waals surface area contributed by atoms with Gasteiger partial charge in [-0.1, -0.05) is 23.7 Å². The molecule has 9 heteroatoms. The van der Waals surface area contributed by atoms with Gasteiger partial charge in [0.15, 0.2) is 11.6 Å². The Labute approximate surface area is 146 Å². The smallest absolute Gasteiger partial charge is 0.245 e. The van der Waals surface area contributed by atoms with Gasteiger partial charge in [-0.3, -0.25) is 0 Å². The second kappa shape index (κ2) is 6.25. The molecule has 0 aliphatic rings. The monoisotopic (exact) mass is 354 g/mol. The van der Waals surface area contributed by atoms with Crippen LogP contribution < -0.4 is 10.6 Å². The number of nitrogens with zero attached hydrogens (tertiary/aromatic N) is 4. The largest absolute Gasteiger partial charge is 0.508 e. The number of fused-ring (bicyclic) bond motifs is 1. The quantitative estimate of drug-likeness (QED) is 0.474. The third-order valence-electron chi connectivity index (χ3n) is 3.37. The predicted molar refractivity (Wildman–Crippen MR) is 93.5 cm³/mol. The Bertz CT molecular complexity index is 1030. The van der Waals surface area contributed by atoms with Gasteiger partial charge in [-0.05, 0) is 46.7 Å². The first-order valence-electron chi connectivity index (χ1n) is 7.27. The van der Waals surface area contributed by atoms with Crippen molar-refractivity contribution < 1.29 is 9.74 Å². The molecule has 0 aliphatic carbocycles. The zero-order valence-electron chi connectivity index (χ0n) is 12.6. The van der Waals surface area contributed by atoms with Crippen LogP contribution in [0.25, 0.3) is 11.3 Å². The minimum Gasteiger partial charge on any atom is -0.508 e. The summed E-state index contributed by atoms with van der Waals surface area (Å²) in [6, 6.07) is 13.8. The van der Waals surface area contributed by atoms with Gasteiger partial charge in [0.1, 0.15) is 5.75 Å². The van der Waals surface area contributed by atoms with Crippen LogP contribution in [0.5, 0.6) is 5.75 Å². The molecule has 2 aromatic carbocycles. The number of phenolic OH excluding ortho intramolecular Hbond substituents is 1. The highest BCUT2D eigenvalue weighted by Gasteiger charge is 2.14. The lowest BCUT2D eigenvalue weighted by Gasteiger charge is -2.12. The van der Waals surface area contributed by atoms with Crippen LogP contribution in [0.2, 0.25) is 5.02 Å². The van der Waals surface area contributed by atoms with Crippen LogP contribution in [-0.2, 0) is 0 Å². The molecule has 0 unspecified atom stereocenters. The number of hydrogen-bond donors (Lipinski definition) is 3. The highest BCUT2D eigenvalue weighted by atomic mass is 35.5. The van der Waals surface area contributed by atoms with Gasteiger partial charge in [-0.15, -0.1) is 0 Å². The number of para-hydroxylation sites is 1. The maximum absolute atomic E-state index is 9.40. The molecule has 0 radical (unpaired) electrons. The van der Waals surface area contributed by atoms with Crippen LogP contribution >= 0.6 is 11.6 Å². The summed E-state index contributed by atoms with van der Waals surface area (Å²) in [6.07, 6.45) is 0. The molecule has 0 fully saturated rings. The molecular weight excluding hydrogens is 344 g/mol. The van der Waals surface area contributed by atoms with E-state index in [-0.39, 0.29) is 17.0 Å². The van der Waals surface area contributed by atoms with Crippen molar-refractivity contribution in [2.75, 3.05) is 10.6 Å². The molecule has 0 amide bonds. The first-order valence-corrected chi connectivity index (χ1v) is 7.65. The number of phenols is 1. The number of halogens is 1. The first kappa shape index (κ1) is 15.2. The Morgan fingerprint density at radius 1 is 0.840 bits per heavy atom. The normalized spacial score (nSPS) is 10.8. The van der Waals surface area contributed by atoms with Gasteiger partial charge in [0.25, 0.3) is 0 Å². The Kier molecular flexibility index (Phi) is 3.79. The van der Waals surface area contributed by atoms with E-state index in [2.05, 4.69) is 35.5 Å². The highest BCUT2D eigenvalue weighted by molar-refractivity contribution is 6.33. The van der Waals surface area contributed by atoms with Gasteiger partial charge in [-0.25, -0.2) is 14.6 Å². The average molecular weight is 355 g/mol. The van der Waals surface area contributed by atoms with E-state index in [0.717, 1.165) is 0 Å². The summed E-state index contributed by atoms with van der Waals surface area (Å²) in [7, 11) is 0. The fraction of sp³-hybridized carbons (Fsp3) is 0. The van der Waals surface area contributed by atoms with Crippen LogP contribution in [0.4, 0.5) is 23.0 Å². The van der Waals surface area contributed by atoms with E-state index in [1.165, 1.54) is 0 Å². The van der Waals surface area contributed by atoms with Crippen LogP contribution in [0.15, 0.2) is 53.2 Å². The second-order valence-electron chi connectivity index (χ2n) is 5.11. The molecule has 2 heterocycles. The molecule has 0 bridgehead atoms.